The topological polar surface area (TPSA) is 104 Å². The van der Waals surface area contributed by atoms with Crippen molar-refractivity contribution in [3.05, 3.63) is 24.4 Å². The molecule has 0 aliphatic carbocycles. The van der Waals surface area contributed by atoms with Gasteiger partial charge >= 0.3 is 0 Å². The number of sulfonamides is 1. The number of rotatable bonds is 8. The van der Waals surface area contributed by atoms with Gasteiger partial charge in [-0.15, -0.1) is 0 Å². The first kappa shape index (κ1) is 19.5. The molecule has 1 aliphatic heterocycles. The van der Waals surface area contributed by atoms with E-state index in [-0.39, 0.29) is 12.3 Å². The first-order valence-electron chi connectivity index (χ1n) is 8.70. The van der Waals surface area contributed by atoms with Crippen LogP contribution in [0, 0.1) is 0 Å². The van der Waals surface area contributed by atoms with Gasteiger partial charge < -0.3 is 16.0 Å². The van der Waals surface area contributed by atoms with E-state index in [2.05, 4.69) is 27.1 Å². The predicted octanol–water partition coefficient (Wildman–Crippen LogP) is 0.238. The summed E-state index contributed by atoms with van der Waals surface area (Å²) in [6.45, 7) is 5.24. The van der Waals surface area contributed by atoms with Gasteiger partial charge in [0.1, 0.15) is 5.82 Å². The van der Waals surface area contributed by atoms with E-state index in [1.54, 1.807) is 10.5 Å². The molecule has 0 atom stereocenters. The molecule has 0 amide bonds. The number of nitrogens with one attached hydrogen (secondary N) is 1. The smallest absolute Gasteiger partial charge is 0.215 e. The molecule has 0 unspecified atom stereocenters. The highest BCUT2D eigenvalue weighted by Crippen LogP contribution is 2.14. The molecule has 1 aromatic rings. The first-order chi connectivity index (χ1) is 12.0. The molecule has 0 radical (unpaired) electrons. The van der Waals surface area contributed by atoms with Crippen molar-refractivity contribution in [2.75, 3.05) is 49.9 Å². The van der Waals surface area contributed by atoms with Crippen LogP contribution in [0.1, 0.15) is 19.8 Å². The lowest BCUT2D eigenvalue weighted by Crippen LogP contribution is -2.50. The van der Waals surface area contributed by atoms with Crippen LogP contribution in [-0.4, -0.2) is 68.7 Å². The lowest BCUT2D eigenvalue weighted by atomic mass is 10.3. The molecule has 1 fully saturated rings. The minimum Gasteiger partial charge on any atom is -0.370 e. The highest BCUT2D eigenvalue weighted by Gasteiger charge is 2.26. The number of nitrogens with zero attached hydrogens (tertiary/aromatic N) is 4. The van der Waals surface area contributed by atoms with Crippen LogP contribution in [0.25, 0.3) is 0 Å². The molecule has 1 aromatic heterocycles. The zero-order chi connectivity index (χ0) is 18.1. The van der Waals surface area contributed by atoms with Crippen molar-refractivity contribution < 1.29 is 8.42 Å². The van der Waals surface area contributed by atoms with Crippen LogP contribution in [0.15, 0.2) is 29.4 Å². The van der Waals surface area contributed by atoms with E-state index in [0.717, 1.165) is 18.7 Å². The standard InChI is InChI=1S/C16H28N6O2S/c1-2-3-7-19-16(17)20-9-14-25(23,24)22-12-10-21(11-13-22)15-6-4-5-8-18-15/h4-6,8H,2-3,7,9-14H2,1H3,(H3,17,19,20). The lowest BCUT2D eigenvalue weighted by Gasteiger charge is -2.34. The van der Waals surface area contributed by atoms with Gasteiger partial charge in [-0.25, -0.2) is 13.4 Å². The van der Waals surface area contributed by atoms with E-state index in [4.69, 9.17) is 5.73 Å². The number of pyridine rings is 1. The van der Waals surface area contributed by atoms with Crippen LogP contribution < -0.4 is 16.0 Å². The molecule has 2 rings (SSSR count). The monoisotopic (exact) mass is 368 g/mol. The van der Waals surface area contributed by atoms with Gasteiger partial charge in [0.05, 0.1) is 5.75 Å². The van der Waals surface area contributed by atoms with Gasteiger partial charge in [0, 0.05) is 45.5 Å². The summed E-state index contributed by atoms with van der Waals surface area (Å²) in [5.41, 5.74) is 5.72. The summed E-state index contributed by atoms with van der Waals surface area (Å²) in [7, 11) is -3.30. The third-order valence-corrected chi connectivity index (χ3v) is 5.94. The number of guanidine groups is 1. The number of unbranched alkanes of at least 4 members (excludes halogenated alkanes) is 1. The molecule has 0 saturated carbocycles. The summed E-state index contributed by atoms with van der Waals surface area (Å²) in [5.74, 6) is 1.21. The predicted molar refractivity (Wildman–Crippen MR) is 101 cm³/mol. The van der Waals surface area contributed by atoms with Crippen LogP contribution in [-0.2, 0) is 10.0 Å². The minimum atomic E-state index is -3.30. The summed E-state index contributed by atoms with van der Waals surface area (Å²) in [5, 5.41) is 2.87. The Kier molecular flexibility index (Phi) is 7.45. The molecule has 8 nitrogen and oxygen atoms in total. The van der Waals surface area contributed by atoms with Crippen molar-refractivity contribution in [2.24, 2.45) is 10.7 Å². The van der Waals surface area contributed by atoms with Gasteiger partial charge in [-0.3, -0.25) is 4.99 Å². The van der Waals surface area contributed by atoms with Gasteiger partial charge in [0.25, 0.3) is 0 Å². The van der Waals surface area contributed by atoms with Gasteiger partial charge in [-0.05, 0) is 18.6 Å². The molecular weight excluding hydrogens is 340 g/mol. The molecule has 140 valence electrons. The molecule has 2 heterocycles. The van der Waals surface area contributed by atoms with Crippen molar-refractivity contribution in [3.63, 3.8) is 0 Å². The second-order valence-electron chi connectivity index (χ2n) is 5.94. The molecule has 1 saturated heterocycles. The number of hydrogen-bond acceptors (Lipinski definition) is 5. The Hall–Kier alpha value is -1.87. The summed E-state index contributed by atoms with van der Waals surface area (Å²) < 4.78 is 26.4. The summed E-state index contributed by atoms with van der Waals surface area (Å²) in [4.78, 5) is 10.6. The second kappa shape index (κ2) is 9.57. The number of nitrogens with two attached hydrogens (primary N) is 1. The number of hydrogen-bond donors (Lipinski definition) is 2. The van der Waals surface area contributed by atoms with Gasteiger partial charge in [-0.1, -0.05) is 19.4 Å². The second-order valence-corrected chi connectivity index (χ2v) is 8.03. The van der Waals surface area contributed by atoms with E-state index in [1.807, 2.05) is 18.2 Å². The summed E-state index contributed by atoms with van der Waals surface area (Å²) in [6.07, 6.45) is 3.77. The van der Waals surface area contributed by atoms with E-state index < -0.39 is 10.0 Å². The van der Waals surface area contributed by atoms with E-state index in [9.17, 15) is 8.42 Å². The Bertz CT molecular complexity index is 642. The molecule has 3 N–H and O–H groups in total. The maximum atomic E-state index is 12.4. The van der Waals surface area contributed by atoms with E-state index >= 15 is 0 Å². The van der Waals surface area contributed by atoms with Crippen LogP contribution in [0.3, 0.4) is 0 Å². The van der Waals surface area contributed by atoms with E-state index in [1.165, 1.54) is 0 Å². The van der Waals surface area contributed by atoms with Gasteiger partial charge in [0.15, 0.2) is 5.96 Å². The van der Waals surface area contributed by atoms with E-state index in [0.29, 0.717) is 38.7 Å². The summed E-state index contributed by atoms with van der Waals surface area (Å²) in [6, 6.07) is 5.74. The fourth-order valence-corrected chi connectivity index (χ4v) is 3.92. The Balaban J connectivity index is 1.76. The minimum absolute atomic E-state index is 0.0145. The Morgan fingerprint density at radius 1 is 1.32 bits per heavy atom. The quantitative estimate of drug-likeness (QED) is 0.387. The van der Waals surface area contributed by atoms with Crippen LogP contribution >= 0.6 is 0 Å². The highest BCUT2D eigenvalue weighted by molar-refractivity contribution is 7.89. The van der Waals surface area contributed by atoms with Crippen molar-refractivity contribution in [1.29, 1.82) is 0 Å². The van der Waals surface area contributed by atoms with Crippen LogP contribution in [0.2, 0.25) is 0 Å². The zero-order valence-corrected chi connectivity index (χ0v) is 15.6. The summed E-state index contributed by atoms with van der Waals surface area (Å²) >= 11 is 0. The fraction of sp³-hybridized carbons (Fsp3) is 0.625. The average Bonchev–Trinajstić information content (AvgIpc) is 2.63. The normalized spacial score (nSPS) is 16.8. The largest absolute Gasteiger partial charge is 0.370 e. The Labute approximate surface area is 150 Å². The van der Waals surface area contributed by atoms with Gasteiger partial charge in [-0.2, -0.15) is 4.31 Å². The number of piperazine rings is 1. The van der Waals surface area contributed by atoms with Crippen molar-refractivity contribution in [1.82, 2.24) is 14.6 Å². The maximum absolute atomic E-state index is 12.4. The molecule has 1 aliphatic rings. The van der Waals surface area contributed by atoms with Gasteiger partial charge in [0.2, 0.25) is 10.0 Å². The Morgan fingerprint density at radius 2 is 2.08 bits per heavy atom. The van der Waals surface area contributed by atoms with Crippen molar-refractivity contribution in [3.8, 4) is 0 Å². The zero-order valence-electron chi connectivity index (χ0n) is 14.8. The molecule has 0 aromatic carbocycles. The number of anilines is 1. The average molecular weight is 369 g/mol. The number of aromatic nitrogens is 1. The molecular formula is C16H28N6O2S. The molecule has 0 bridgehead atoms. The molecule has 25 heavy (non-hydrogen) atoms. The fourth-order valence-electron chi connectivity index (χ4n) is 2.59. The first-order valence-corrected chi connectivity index (χ1v) is 10.3. The highest BCUT2D eigenvalue weighted by atomic mass is 32.2. The van der Waals surface area contributed by atoms with Crippen LogP contribution in [0.4, 0.5) is 5.82 Å². The maximum Gasteiger partial charge on any atom is 0.215 e. The van der Waals surface area contributed by atoms with Crippen LogP contribution in [0.5, 0.6) is 0 Å². The molecule has 0 spiro atoms. The lowest BCUT2D eigenvalue weighted by molar-refractivity contribution is 0.384. The van der Waals surface area contributed by atoms with Crippen molar-refractivity contribution in [2.45, 2.75) is 19.8 Å². The van der Waals surface area contributed by atoms with Crippen molar-refractivity contribution >= 4 is 21.8 Å². The third kappa shape index (κ3) is 6.17. The third-order valence-electron chi connectivity index (χ3n) is 4.07. The molecule has 9 heteroatoms. The number of aliphatic imine (C=N–C) groups is 1. The Morgan fingerprint density at radius 3 is 2.72 bits per heavy atom. The SMILES string of the molecule is CCCCN=C(N)NCCS(=O)(=O)N1CCN(c2ccccn2)CC1.